The van der Waals surface area contributed by atoms with E-state index >= 15 is 0 Å². The molecule has 0 aliphatic heterocycles. The molecule has 0 radical (unpaired) electrons. The lowest BCUT2D eigenvalue weighted by atomic mass is 9.92. The van der Waals surface area contributed by atoms with Gasteiger partial charge in [-0.2, -0.15) is 13.2 Å². The first-order chi connectivity index (χ1) is 14.7. The molecule has 1 heterocycles. The van der Waals surface area contributed by atoms with Gasteiger partial charge in [0, 0.05) is 22.9 Å². The predicted octanol–water partition coefficient (Wildman–Crippen LogP) is 5.96. The van der Waals surface area contributed by atoms with Crippen molar-refractivity contribution in [1.29, 1.82) is 0 Å². The van der Waals surface area contributed by atoms with Crippen LogP contribution in [0.2, 0.25) is 0 Å². The van der Waals surface area contributed by atoms with Crippen LogP contribution in [0, 0.1) is 0 Å². The molecule has 1 aromatic heterocycles. The molecular weight excluding hydrogens is 427 g/mol. The Hall–Kier alpha value is -2.87. The Bertz CT molecular complexity index is 990. The molecular formula is C23H22F3NO3S. The van der Waals surface area contributed by atoms with Gasteiger partial charge in [-0.1, -0.05) is 36.4 Å². The second-order valence-corrected chi connectivity index (χ2v) is 8.43. The largest absolute Gasteiger partial charge is 0.481 e. The number of anilines is 1. The van der Waals surface area contributed by atoms with Crippen LogP contribution in [0.1, 0.15) is 46.1 Å². The Morgan fingerprint density at radius 2 is 1.84 bits per heavy atom. The van der Waals surface area contributed by atoms with Crippen molar-refractivity contribution in [3.8, 4) is 0 Å². The minimum absolute atomic E-state index is 0.106. The number of alkyl halides is 3. The van der Waals surface area contributed by atoms with Crippen LogP contribution in [0.5, 0.6) is 0 Å². The van der Waals surface area contributed by atoms with E-state index in [0.29, 0.717) is 35.4 Å². The van der Waals surface area contributed by atoms with Gasteiger partial charge in [0.05, 0.1) is 6.42 Å². The van der Waals surface area contributed by atoms with Gasteiger partial charge in [0.15, 0.2) is 0 Å². The summed E-state index contributed by atoms with van der Waals surface area (Å²) in [6.45, 7) is 0. The fraction of sp³-hybridized carbons (Fsp3) is 0.304. The van der Waals surface area contributed by atoms with E-state index in [1.54, 1.807) is 36.4 Å². The number of halogens is 3. The van der Waals surface area contributed by atoms with Crippen LogP contribution in [0.25, 0.3) is 0 Å². The second kappa shape index (κ2) is 9.96. The van der Waals surface area contributed by atoms with Crippen LogP contribution >= 0.6 is 11.3 Å². The number of benzene rings is 1. The fourth-order valence-corrected chi connectivity index (χ4v) is 4.45. The Labute approximate surface area is 182 Å². The molecule has 1 unspecified atom stereocenters. The lowest BCUT2D eigenvalue weighted by Crippen LogP contribution is -2.13. The monoisotopic (exact) mass is 449 g/mol. The number of aryl methyl sites for hydroxylation is 2. The molecule has 4 nitrogen and oxygen atoms in total. The van der Waals surface area contributed by atoms with Gasteiger partial charge in [-0.05, 0) is 48.6 Å². The lowest BCUT2D eigenvalue weighted by molar-refractivity contribution is -0.138. The molecule has 0 spiro atoms. The minimum Gasteiger partial charge on any atom is -0.481 e. The van der Waals surface area contributed by atoms with E-state index in [1.165, 1.54) is 0 Å². The summed E-state index contributed by atoms with van der Waals surface area (Å²) in [4.78, 5) is 22.4. The first-order valence-electron chi connectivity index (χ1n) is 9.86. The molecule has 31 heavy (non-hydrogen) atoms. The average molecular weight is 449 g/mol. The van der Waals surface area contributed by atoms with Gasteiger partial charge >= 0.3 is 12.1 Å². The van der Waals surface area contributed by atoms with Crippen molar-refractivity contribution in [2.24, 2.45) is 0 Å². The number of nitrogens with one attached hydrogen (secondary N) is 1. The van der Waals surface area contributed by atoms with Gasteiger partial charge in [0.1, 0.15) is 4.88 Å². The van der Waals surface area contributed by atoms with Gasteiger partial charge in [-0.15, -0.1) is 11.3 Å². The van der Waals surface area contributed by atoms with Gasteiger partial charge < -0.3 is 10.4 Å². The Morgan fingerprint density at radius 1 is 1.10 bits per heavy atom. The zero-order chi connectivity index (χ0) is 22.4. The highest BCUT2D eigenvalue weighted by molar-refractivity contribution is 7.12. The highest BCUT2D eigenvalue weighted by Crippen LogP contribution is 2.43. The maximum absolute atomic E-state index is 13.5. The number of aliphatic carboxylic acids is 1. The molecule has 3 rings (SSSR count). The van der Waals surface area contributed by atoms with Crippen LogP contribution in [0.3, 0.4) is 0 Å². The number of amides is 1. The molecule has 0 saturated heterocycles. The SMILES string of the molecule is O=C(O)CCC(=O)Nc1ccc(CCc2cc(C3C=CC=CC3)c(C(F)(F)F)s2)cc1. The van der Waals surface area contributed by atoms with Crippen molar-refractivity contribution >= 4 is 28.9 Å². The number of thiophene rings is 1. The summed E-state index contributed by atoms with van der Waals surface area (Å²) in [6.07, 6.45) is 4.24. The van der Waals surface area contributed by atoms with Crippen LogP contribution in [0.4, 0.5) is 18.9 Å². The number of carboxylic acid groups (broad SMARTS) is 1. The molecule has 1 amide bonds. The third-order valence-electron chi connectivity index (χ3n) is 4.91. The molecule has 0 saturated carbocycles. The number of allylic oxidation sites excluding steroid dienone is 4. The predicted molar refractivity (Wildman–Crippen MR) is 114 cm³/mol. The molecule has 1 aliphatic carbocycles. The second-order valence-electron chi connectivity index (χ2n) is 7.29. The van der Waals surface area contributed by atoms with Gasteiger partial charge in [-0.3, -0.25) is 9.59 Å². The summed E-state index contributed by atoms with van der Waals surface area (Å²) < 4.78 is 40.6. The minimum atomic E-state index is -4.37. The van der Waals surface area contributed by atoms with Gasteiger partial charge in [0.25, 0.3) is 0 Å². The number of hydrogen-bond donors (Lipinski definition) is 2. The third kappa shape index (κ3) is 6.55. The van der Waals surface area contributed by atoms with Gasteiger partial charge in [0.2, 0.25) is 5.91 Å². The zero-order valence-corrected chi connectivity index (χ0v) is 17.4. The van der Waals surface area contributed by atoms with E-state index < -0.39 is 17.0 Å². The number of carboxylic acids is 1. The quantitative estimate of drug-likeness (QED) is 0.523. The topological polar surface area (TPSA) is 66.4 Å². The maximum atomic E-state index is 13.5. The van der Waals surface area contributed by atoms with E-state index in [9.17, 15) is 22.8 Å². The van der Waals surface area contributed by atoms with Crippen molar-refractivity contribution in [2.45, 2.75) is 44.2 Å². The zero-order valence-electron chi connectivity index (χ0n) is 16.6. The van der Waals surface area contributed by atoms with E-state index in [2.05, 4.69) is 5.32 Å². The van der Waals surface area contributed by atoms with Crippen molar-refractivity contribution in [3.63, 3.8) is 0 Å². The molecule has 8 heteroatoms. The summed E-state index contributed by atoms with van der Waals surface area (Å²) in [5.41, 5.74) is 1.83. The smallest absolute Gasteiger partial charge is 0.425 e. The van der Waals surface area contributed by atoms with E-state index in [4.69, 9.17) is 5.11 Å². The maximum Gasteiger partial charge on any atom is 0.425 e. The van der Waals surface area contributed by atoms with E-state index in [-0.39, 0.29) is 24.7 Å². The van der Waals surface area contributed by atoms with Crippen molar-refractivity contribution in [1.82, 2.24) is 0 Å². The number of rotatable bonds is 8. The first-order valence-corrected chi connectivity index (χ1v) is 10.7. The molecule has 0 bridgehead atoms. The van der Waals surface area contributed by atoms with Crippen LogP contribution < -0.4 is 5.32 Å². The van der Waals surface area contributed by atoms with Crippen molar-refractivity contribution in [2.75, 3.05) is 5.32 Å². The summed E-state index contributed by atoms with van der Waals surface area (Å²) in [7, 11) is 0. The number of carbonyl (C=O) groups is 2. The van der Waals surface area contributed by atoms with E-state index in [0.717, 1.165) is 16.9 Å². The molecule has 2 aromatic rings. The highest BCUT2D eigenvalue weighted by atomic mass is 32.1. The van der Waals surface area contributed by atoms with Gasteiger partial charge in [-0.25, -0.2) is 0 Å². The Balaban J connectivity index is 1.62. The normalized spacial score (nSPS) is 15.8. The molecule has 1 aliphatic rings. The van der Waals surface area contributed by atoms with Crippen LogP contribution in [0.15, 0.2) is 54.6 Å². The number of carbonyl (C=O) groups excluding carboxylic acids is 1. The summed E-state index contributed by atoms with van der Waals surface area (Å²) in [6, 6.07) is 8.70. The molecule has 2 N–H and O–H groups in total. The van der Waals surface area contributed by atoms with Crippen LogP contribution in [-0.2, 0) is 28.6 Å². The average Bonchev–Trinajstić information content (AvgIpc) is 3.17. The van der Waals surface area contributed by atoms with Crippen LogP contribution in [-0.4, -0.2) is 17.0 Å². The highest BCUT2D eigenvalue weighted by Gasteiger charge is 2.37. The molecule has 0 fully saturated rings. The Kier molecular flexibility index (Phi) is 7.33. The summed E-state index contributed by atoms with van der Waals surface area (Å²) >= 11 is 0.811. The fourth-order valence-electron chi connectivity index (χ4n) is 3.36. The first kappa shape index (κ1) is 22.8. The summed E-state index contributed by atoms with van der Waals surface area (Å²) in [5, 5.41) is 11.2. The van der Waals surface area contributed by atoms with Crippen molar-refractivity contribution in [3.05, 3.63) is 75.5 Å². The molecule has 1 aromatic carbocycles. The Morgan fingerprint density at radius 3 is 2.45 bits per heavy atom. The standard InChI is InChI=1S/C23H22F3NO3S/c24-23(25,26)22-19(16-4-2-1-3-5-16)14-18(31-22)11-8-15-6-9-17(10-7-15)27-20(28)12-13-21(29)30/h1-4,6-7,9-10,14,16H,5,8,11-13H2,(H,27,28)(H,29,30). The number of hydrogen-bond acceptors (Lipinski definition) is 3. The third-order valence-corrected chi connectivity index (χ3v) is 6.17. The lowest BCUT2D eigenvalue weighted by Gasteiger charge is -2.15. The van der Waals surface area contributed by atoms with E-state index in [1.807, 2.05) is 18.2 Å². The molecule has 1 atom stereocenters. The molecule has 164 valence electrons. The summed E-state index contributed by atoms with van der Waals surface area (Å²) in [5.74, 6) is -1.67. The van der Waals surface area contributed by atoms with Crippen molar-refractivity contribution < 1.29 is 27.9 Å².